The Bertz CT molecular complexity index is 733. The van der Waals surface area contributed by atoms with Crippen LogP contribution in [0.5, 0.6) is 0 Å². The predicted octanol–water partition coefficient (Wildman–Crippen LogP) is 1.62. The maximum atomic E-state index is 12.6. The van der Waals surface area contributed by atoms with Crippen LogP contribution in [0.1, 0.15) is 31.7 Å². The van der Waals surface area contributed by atoms with E-state index in [1.807, 2.05) is 19.1 Å². The van der Waals surface area contributed by atoms with Gasteiger partial charge in [-0.3, -0.25) is 0 Å². The number of halogens is 1. The molecule has 0 aliphatic carbocycles. The summed E-state index contributed by atoms with van der Waals surface area (Å²) in [7, 11) is -3.37. The first-order valence-corrected chi connectivity index (χ1v) is 10.7. The topological polar surface area (TPSA) is 85.2 Å². The molecule has 2 aliphatic rings. The van der Waals surface area contributed by atoms with Gasteiger partial charge in [0, 0.05) is 32.7 Å². The number of hydrogen-bond donors (Lipinski definition) is 2. The van der Waals surface area contributed by atoms with Gasteiger partial charge in [0.05, 0.1) is 17.5 Å². The van der Waals surface area contributed by atoms with Crippen molar-refractivity contribution in [1.29, 1.82) is 0 Å². The normalized spacial score (nSPS) is 21.3. The molecule has 0 saturated carbocycles. The predicted molar refractivity (Wildman–Crippen MR) is 117 cm³/mol. The number of aliphatic hydroxyl groups excluding tert-OH is 1. The van der Waals surface area contributed by atoms with E-state index in [0.29, 0.717) is 31.1 Å². The van der Waals surface area contributed by atoms with Crippen molar-refractivity contribution in [3.8, 4) is 0 Å². The van der Waals surface area contributed by atoms with Crippen molar-refractivity contribution in [2.24, 2.45) is 4.99 Å². The average molecular weight is 508 g/mol. The summed E-state index contributed by atoms with van der Waals surface area (Å²) < 4.78 is 26.7. The van der Waals surface area contributed by atoms with Crippen molar-refractivity contribution >= 4 is 40.0 Å². The molecular weight excluding hydrogens is 479 g/mol. The Labute approximate surface area is 178 Å². The Kier molecular flexibility index (Phi) is 8.32. The first-order valence-electron chi connectivity index (χ1n) is 9.31. The summed E-state index contributed by atoms with van der Waals surface area (Å²) in [6.45, 7) is 5.86. The summed E-state index contributed by atoms with van der Waals surface area (Å²) in [4.78, 5) is 7.03. The van der Waals surface area contributed by atoms with Gasteiger partial charge in [-0.2, -0.15) is 4.31 Å². The van der Waals surface area contributed by atoms with E-state index < -0.39 is 10.0 Å². The lowest BCUT2D eigenvalue weighted by Gasteiger charge is -2.21. The summed E-state index contributed by atoms with van der Waals surface area (Å²) in [5.41, 5.74) is 0.959. The minimum Gasteiger partial charge on any atom is -0.391 e. The minimum absolute atomic E-state index is 0. The SMILES string of the molecule is CCNC(=NCc1ccc(S(=O)(=O)N2CCCC2)cc1)N1CC[C@@H](O)C1.I. The summed E-state index contributed by atoms with van der Waals surface area (Å²) >= 11 is 0. The molecule has 1 atom stereocenters. The minimum atomic E-state index is -3.37. The van der Waals surface area contributed by atoms with E-state index in [9.17, 15) is 13.5 Å². The molecule has 2 aliphatic heterocycles. The highest BCUT2D eigenvalue weighted by atomic mass is 127. The molecule has 0 radical (unpaired) electrons. The summed E-state index contributed by atoms with van der Waals surface area (Å²) in [5, 5.41) is 13.0. The lowest BCUT2D eigenvalue weighted by Crippen LogP contribution is -2.40. The molecular formula is C18H29IN4O3S. The van der Waals surface area contributed by atoms with Gasteiger partial charge in [0.25, 0.3) is 0 Å². The first kappa shape index (κ1) is 22.4. The molecule has 0 unspecified atom stereocenters. The number of guanidine groups is 1. The van der Waals surface area contributed by atoms with Crippen molar-refractivity contribution in [2.45, 2.75) is 43.7 Å². The molecule has 1 aromatic carbocycles. The van der Waals surface area contributed by atoms with E-state index in [2.05, 4.69) is 15.2 Å². The van der Waals surface area contributed by atoms with Crippen molar-refractivity contribution < 1.29 is 13.5 Å². The number of nitrogens with zero attached hydrogens (tertiary/aromatic N) is 3. The van der Waals surface area contributed by atoms with Crippen LogP contribution in [-0.4, -0.2) is 67.5 Å². The van der Waals surface area contributed by atoms with E-state index in [0.717, 1.165) is 43.9 Å². The van der Waals surface area contributed by atoms with Gasteiger partial charge < -0.3 is 15.3 Å². The van der Waals surface area contributed by atoms with Crippen molar-refractivity contribution in [2.75, 3.05) is 32.7 Å². The molecule has 2 heterocycles. The third-order valence-electron chi connectivity index (χ3n) is 4.84. The van der Waals surface area contributed by atoms with Gasteiger partial charge >= 0.3 is 0 Å². The van der Waals surface area contributed by atoms with Crippen LogP contribution in [0.25, 0.3) is 0 Å². The van der Waals surface area contributed by atoms with Gasteiger partial charge in [-0.05, 0) is 43.9 Å². The highest BCUT2D eigenvalue weighted by molar-refractivity contribution is 14.0. The van der Waals surface area contributed by atoms with E-state index in [4.69, 9.17) is 0 Å². The zero-order valence-corrected chi connectivity index (χ0v) is 18.8. The Balaban J connectivity index is 0.00000261. The number of sulfonamides is 1. The number of hydrogen-bond acceptors (Lipinski definition) is 4. The Morgan fingerprint density at radius 2 is 1.89 bits per heavy atom. The lowest BCUT2D eigenvalue weighted by atomic mass is 10.2. The fraction of sp³-hybridized carbons (Fsp3) is 0.611. The molecule has 27 heavy (non-hydrogen) atoms. The Morgan fingerprint density at radius 3 is 2.44 bits per heavy atom. The van der Waals surface area contributed by atoms with E-state index >= 15 is 0 Å². The second-order valence-electron chi connectivity index (χ2n) is 6.81. The second kappa shape index (κ2) is 10.0. The van der Waals surface area contributed by atoms with Crippen LogP contribution in [0.3, 0.4) is 0 Å². The number of aliphatic hydroxyl groups is 1. The number of nitrogens with one attached hydrogen (secondary N) is 1. The molecule has 2 saturated heterocycles. The van der Waals surface area contributed by atoms with E-state index in [-0.39, 0.29) is 30.1 Å². The number of aliphatic imine (C=N–C) groups is 1. The van der Waals surface area contributed by atoms with Gasteiger partial charge in [0.15, 0.2) is 5.96 Å². The maximum Gasteiger partial charge on any atom is 0.243 e. The smallest absolute Gasteiger partial charge is 0.243 e. The zero-order valence-electron chi connectivity index (χ0n) is 15.7. The number of β-amino-alcohol motifs (C(OH)–C–C–N with tert-alkyl or cyclic N) is 1. The summed E-state index contributed by atoms with van der Waals surface area (Å²) in [6, 6.07) is 7.00. The number of benzene rings is 1. The van der Waals surface area contributed by atoms with Crippen LogP contribution in [-0.2, 0) is 16.6 Å². The van der Waals surface area contributed by atoms with Crippen LogP contribution in [0.2, 0.25) is 0 Å². The molecule has 0 bridgehead atoms. The molecule has 0 spiro atoms. The molecule has 9 heteroatoms. The zero-order chi connectivity index (χ0) is 18.6. The maximum absolute atomic E-state index is 12.6. The van der Waals surface area contributed by atoms with Crippen molar-refractivity contribution in [1.82, 2.24) is 14.5 Å². The van der Waals surface area contributed by atoms with Gasteiger partial charge in [-0.15, -0.1) is 24.0 Å². The van der Waals surface area contributed by atoms with Gasteiger partial charge in [-0.1, -0.05) is 12.1 Å². The van der Waals surface area contributed by atoms with E-state index in [1.54, 1.807) is 16.4 Å². The molecule has 2 fully saturated rings. The van der Waals surface area contributed by atoms with Crippen LogP contribution in [0, 0.1) is 0 Å². The fourth-order valence-electron chi connectivity index (χ4n) is 3.37. The van der Waals surface area contributed by atoms with Crippen LogP contribution >= 0.6 is 24.0 Å². The second-order valence-corrected chi connectivity index (χ2v) is 8.75. The monoisotopic (exact) mass is 508 g/mol. The van der Waals surface area contributed by atoms with Crippen LogP contribution < -0.4 is 5.32 Å². The largest absolute Gasteiger partial charge is 0.391 e. The molecule has 152 valence electrons. The van der Waals surface area contributed by atoms with Crippen molar-refractivity contribution in [3.63, 3.8) is 0 Å². The first-order chi connectivity index (χ1) is 12.5. The molecule has 7 nitrogen and oxygen atoms in total. The summed E-state index contributed by atoms with van der Waals surface area (Å²) in [6.07, 6.45) is 2.33. The summed E-state index contributed by atoms with van der Waals surface area (Å²) in [5.74, 6) is 0.790. The molecule has 2 N–H and O–H groups in total. The highest BCUT2D eigenvalue weighted by Crippen LogP contribution is 2.21. The molecule has 0 aromatic heterocycles. The lowest BCUT2D eigenvalue weighted by molar-refractivity contribution is 0.188. The molecule has 3 rings (SSSR count). The quantitative estimate of drug-likeness (QED) is 0.359. The highest BCUT2D eigenvalue weighted by Gasteiger charge is 2.27. The fourth-order valence-corrected chi connectivity index (χ4v) is 4.89. The number of rotatable bonds is 5. The molecule has 1 aromatic rings. The standard InChI is InChI=1S/C18H28N4O3S.HI/c1-2-19-18(21-12-9-16(23)14-21)20-13-15-5-7-17(8-6-15)26(24,25)22-10-3-4-11-22;/h5-8,16,23H,2-4,9-14H2,1H3,(H,19,20);1H/t16-;/m1./s1. The van der Waals surface area contributed by atoms with E-state index in [1.165, 1.54) is 0 Å². The average Bonchev–Trinajstić information content (AvgIpc) is 3.31. The Hall–Kier alpha value is -0.910. The molecule has 0 amide bonds. The third kappa shape index (κ3) is 5.55. The van der Waals surface area contributed by atoms with Crippen molar-refractivity contribution in [3.05, 3.63) is 29.8 Å². The van der Waals surface area contributed by atoms with Crippen LogP contribution in [0.15, 0.2) is 34.2 Å². The van der Waals surface area contributed by atoms with Gasteiger partial charge in [0.1, 0.15) is 0 Å². The third-order valence-corrected chi connectivity index (χ3v) is 6.75. The van der Waals surface area contributed by atoms with Gasteiger partial charge in [0.2, 0.25) is 10.0 Å². The number of likely N-dealkylation sites (tertiary alicyclic amines) is 1. The van der Waals surface area contributed by atoms with Crippen LogP contribution in [0.4, 0.5) is 0 Å². The van der Waals surface area contributed by atoms with Gasteiger partial charge in [-0.25, -0.2) is 13.4 Å². The Morgan fingerprint density at radius 1 is 1.22 bits per heavy atom.